The molecule has 11 aromatic rings. The smallest absolute Gasteiger partial charge is 0.308 e. The summed E-state index contributed by atoms with van der Waals surface area (Å²) in [5.41, 5.74) is 16.9. The molecular formula is C63H47F3N4. The van der Waals surface area contributed by atoms with Gasteiger partial charge in [-0.25, -0.2) is 15.0 Å². The topological polar surface area (TPSA) is 43.6 Å². The number of nitrogens with zero attached hydrogens (tertiary/aromatic N) is 4. The van der Waals surface area contributed by atoms with Crippen LogP contribution in [-0.4, -0.2) is 19.5 Å². The van der Waals surface area contributed by atoms with Gasteiger partial charge < -0.3 is 4.57 Å². The number of fused-ring (bicyclic) bond motifs is 3. The van der Waals surface area contributed by atoms with Crippen molar-refractivity contribution in [2.45, 2.75) is 40.8 Å². The monoisotopic (exact) mass is 916 g/mol. The van der Waals surface area contributed by atoms with Crippen molar-refractivity contribution in [1.29, 1.82) is 0 Å². The maximum absolute atomic E-state index is 14.8. The molecule has 11 rings (SSSR count). The lowest BCUT2D eigenvalue weighted by Gasteiger charge is -2.22. The summed E-state index contributed by atoms with van der Waals surface area (Å²) >= 11 is 0. The maximum Gasteiger partial charge on any atom is 0.416 e. The van der Waals surface area contributed by atoms with Crippen molar-refractivity contribution in [3.05, 3.63) is 228 Å². The van der Waals surface area contributed by atoms with Crippen LogP contribution in [0.3, 0.4) is 0 Å². The summed E-state index contributed by atoms with van der Waals surface area (Å²) in [7, 11) is 0. The van der Waals surface area contributed by atoms with Gasteiger partial charge in [-0.05, 0) is 128 Å². The molecule has 4 nitrogen and oxygen atoms in total. The number of benzene rings is 9. The van der Waals surface area contributed by atoms with Gasteiger partial charge in [0, 0.05) is 38.6 Å². The van der Waals surface area contributed by atoms with Crippen LogP contribution in [0.4, 0.5) is 13.2 Å². The van der Waals surface area contributed by atoms with Gasteiger partial charge in [0.2, 0.25) is 0 Å². The van der Waals surface area contributed by atoms with Crippen molar-refractivity contribution in [1.82, 2.24) is 19.5 Å². The molecule has 0 amide bonds. The molecule has 0 unspecified atom stereocenters. The number of rotatable bonds is 8. The standard InChI is InChI=1S/C63H47F3N4/c1-38-14-12-19-45(32-38)53-36-49(62-68-60(43-15-8-6-9-16-43)67-61(69-62)44-17-10-7-11-18-44)37-54(46-20-13-21-50(33-46)63(64,65)66)59(53)70-57-28-24-47(51-26-22-39(2)30-41(51)4)34-55(57)56-35-48(25-29-58(56)70)52-27-23-40(3)31-42(52)5/h6-37H,1-5H3. The van der Waals surface area contributed by atoms with E-state index in [9.17, 15) is 13.2 Å². The lowest BCUT2D eigenvalue weighted by molar-refractivity contribution is -0.137. The summed E-state index contributed by atoms with van der Waals surface area (Å²) in [5.74, 6) is 1.35. The van der Waals surface area contributed by atoms with Gasteiger partial charge in [0.1, 0.15) is 0 Å². The first-order chi connectivity index (χ1) is 33.9. The van der Waals surface area contributed by atoms with E-state index in [-0.39, 0.29) is 0 Å². The van der Waals surface area contributed by atoms with Crippen LogP contribution in [0.15, 0.2) is 194 Å². The molecule has 0 bridgehead atoms. The largest absolute Gasteiger partial charge is 0.416 e. The molecule has 0 radical (unpaired) electrons. The quantitative estimate of drug-likeness (QED) is 0.153. The zero-order valence-corrected chi connectivity index (χ0v) is 39.4. The molecule has 9 aromatic carbocycles. The van der Waals surface area contributed by atoms with Crippen molar-refractivity contribution in [3.8, 4) is 84.4 Å². The Morgan fingerprint density at radius 3 is 1.24 bits per heavy atom. The van der Waals surface area contributed by atoms with Crippen LogP contribution in [0.25, 0.3) is 106 Å². The van der Waals surface area contributed by atoms with E-state index in [2.05, 4.69) is 136 Å². The van der Waals surface area contributed by atoms with Gasteiger partial charge in [0.25, 0.3) is 0 Å². The zero-order valence-electron chi connectivity index (χ0n) is 39.4. The molecular weight excluding hydrogens is 870 g/mol. The average molecular weight is 917 g/mol. The minimum Gasteiger partial charge on any atom is -0.308 e. The molecule has 0 spiro atoms. The second-order valence-electron chi connectivity index (χ2n) is 18.3. The van der Waals surface area contributed by atoms with Crippen molar-refractivity contribution >= 4 is 21.8 Å². The SMILES string of the molecule is Cc1cccc(-c2cc(-c3nc(-c4ccccc4)nc(-c4ccccc4)n3)cc(-c3cccc(C(F)(F)F)c3)c2-n2c3ccc(-c4ccc(C)cc4C)cc3c3cc(-c4ccc(C)cc4C)ccc32)c1. The fourth-order valence-electron chi connectivity index (χ4n) is 9.93. The lowest BCUT2D eigenvalue weighted by atomic mass is 9.91. The Hall–Kier alpha value is -8.42. The lowest BCUT2D eigenvalue weighted by Crippen LogP contribution is -2.06. The molecule has 0 saturated carbocycles. The predicted octanol–water partition coefficient (Wildman–Crippen LogP) is 17.2. The molecule has 0 aliphatic heterocycles. The fourth-order valence-corrected chi connectivity index (χ4v) is 9.93. The van der Waals surface area contributed by atoms with Crippen molar-refractivity contribution < 1.29 is 13.2 Å². The van der Waals surface area contributed by atoms with Gasteiger partial charge in [0.15, 0.2) is 17.5 Å². The van der Waals surface area contributed by atoms with E-state index >= 15 is 0 Å². The average Bonchev–Trinajstić information content (AvgIpc) is 3.68. The highest BCUT2D eigenvalue weighted by Gasteiger charge is 2.31. The number of aryl methyl sites for hydroxylation is 5. The highest BCUT2D eigenvalue weighted by molar-refractivity contribution is 6.13. The zero-order chi connectivity index (χ0) is 48.3. The molecule has 70 heavy (non-hydrogen) atoms. The Labute approximate surface area is 405 Å². The minimum atomic E-state index is -4.58. The van der Waals surface area contributed by atoms with Crippen LogP contribution in [0.1, 0.15) is 33.4 Å². The summed E-state index contributed by atoms with van der Waals surface area (Å²) in [6, 6.07) is 63.7. The summed E-state index contributed by atoms with van der Waals surface area (Å²) < 4.78 is 46.8. The van der Waals surface area contributed by atoms with Gasteiger partial charge >= 0.3 is 6.18 Å². The van der Waals surface area contributed by atoms with Crippen LogP contribution < -0.4 is 0 Å². The first kappa shape index (κ1) is 44.1. The summed E-state index contributed by atoms with van der Waals surface area (Å²) in [4.78, 5) is 15.2. The first-order valence-corrected chi connectivity index (χ1v) is 23.4. The molecule has 0 saturated heterocycles. The van der Waals surface area contributed by atoms with E-state index in [4.69, 9.17) is 15.0 Å². The summed E-state index contributed by atoms with van der Waals surface area (Å²) in [5, 5.41) is 2.04. The van der Waals surface area contributed by atoms with E-state index in [1.54, 1.807) is 6.07 Å². The molecule has 0 aliphatic carbocycles. The predicted molar refractivity (Wildman–Crippen MR) is 281 cm³/mol. The molecule has 2 aromatic heterocycles. The van der Waals surface area contributed by atoms with Crippen molar-refractivity contribution in [2.24, 2.45) is 0 Å². The van der Waals surface area contributed by atoms with E-state index in [0.717, 1.165) is 83.6 Å². The third-order valence-corrected chi connectivity index (χ3v) is 13.3. The van der Waals surface area contributed by atoms with E-state index in [1.165, 1.54) is 34.4 Å². The van der Waals surface area contributed by atoms with Crippen LogP contribution in [0, 0.1) is 34.6 Å². The molecule has 0 N–H and O–H groups in total. The third kappa shape index (κ3) is 8.23. The Morgan fingerprint density at radius 2 is 0.771 bits per heavy atom. The highest BCUT2D eigenvalue weighted by atomic mass is 19.4. The first-order valence-electron chi connectivity index (χ1n) is 23.4. The number of alkyl halides is 3. The van der Waals surface area contributed by atoms with Crippen LogP contribution in [0.5, 0.6) is 0 Å². The number of hydrogen-bond acceptors (Lipinski definition) is 3. The van der Waals surface area contributed by atoms with Gasteiger partial charge in [-0.1, -0.05) is 162 Å². The summed E-state index contributed by atoms with van der Waals surface area (Å²) in [6.45, 7) is 10.5. The molecule has 0 aliphatic rings. The van der Waals surface area contributed by atoms with E-state index < -0.39 is 11.7 Å². The molecule has 0 fully saturated rings. The molecule has 340 valence electrons. The summed E-state index contributed by atoms with van der Waals surface area (Å²) in [6.07, 6.45) is -4.58. The Morgan fingerprint density at radius 1 is 0.343 bits per heavy atom. The van der Waals surface area contributed by atoms with E-state index in [0.29, 0.717) is 34.2 Å². The molecule has 0 atom stereocenters. The number of halogens is 3. The minimum absolute atomic E-state index is 0.389. The van der Waals surface area contributed by atoms with Gasteiger partial charge in [0.05, 0.1) is 22.3 Å². The van der Waals surface area contributed by atoms with Crippen LogP contribution in [-0.2, 0) is 6.18 Å². The van der Waals surface area contributed by atoms with Crippen LogP contribution in [0.2, 0.25) is 0 Å². The van der Waals surface area contributed by atoms with Crippen LogP contribution >= 0.6 is 0 Å². The number of aromatic nitrogens is 4. The maximum atomic E-state index is 14.8. The van der Waals surface area contributed by atoms with Gasteiger partial charge in [-0.2, -0.15) is 13.2 Å². The number of hydrogen-bond donors (Lipinski definition) is 0. The second kappa shape index (κ2) is 17.6. The normalized spacial score (nSPS) is 11.7. The van der Waals surface area contributed by atoms with Gasteiger partial charge in [-0.3, -0.25) is 0 Å². The molecule has 7 heteroatoms. The van der Waals surface area contributed by atoms with Crippen molar-refractivity contribution in [3.63, 3.8) is 0 Å². The Balaban J connectivity index is 1.27. The fraction of sp³-hybridized carbons (Fsp3) is 0.0952. The second-order valence-corrected chi connectivity index (χ2v) is 18.3. The van der Waals surface area contributed by atoms with Gasteiger partial charge in [-0.15, -0.1) is 0 Å². The highest BCUT2D eigenvalue weighted by Crippen LogP contribution is 2.46. The molecule has 2 heterocycles. The Bertz CT molecular complexity index is 3650. The van der Waals surface area contributed by atoms with E-state index in [1.807, 2.05) is 72.8 Å². The third-order valence-electron chi connectivity index (χ3n) is 13.3. The van der Waals surface area contributed by atoms with Crippen molar-refractivity contribution in [2.75, 3.05) is 0 Å². The Kier molecular flexibility index (Phi) is 11.1.